The molecule has 0 fully saturated rings. The summed E-state index contributed by atoms with van der Waals surface area (Å²) in [6, 6.07) is 0. The second kappa shape index (κ2) is 8.67. The smallest absolute Gasteiger partial charge is 0.341 e. The molecular formula is C16H24N2O4S. The third kappa shape index (κ3) is 4.31. The van der Waals surface area contributed by atoms with Crippen molar-refractivity contribution in [2.45, 2.75) is 40.5 Å². The minimum atomic E-state index is -0.552. The molecule has 0 unspecified atom stereocenters. The van der Waals surface area contributed by atoms with Gasteiger partial charge in [0.2, 0.25) is 5.91 Å². The van der Waals surface area contributed by atoms with Crippen molar-refractivity contribution in [3.8, 4) is 0 Å². The number of amides is 2. The van der Waals surface area contributed by atoms with Crippen LogP contribution in [0.2, 0.25) is 0 Å². The fourth-order valence-corrected chi connectivity index (χ4v) is 3.40. The highest BCUT2D eigenvalue weighted by Gasteiger charge is 2.27. The minimum Gasteiger partial charge on any atom is -0.465 e. The van der Waals surface area contributed by atoms with E-state index in [1.165, 1.54) is 7.11 Å². The van der Waals surface area contributed by atoms with Crippen LogP contribution < -0.4 is 5.32 Å². The van der Waals surface area contributed by atoms with E-state index in [-0.39, 0.29) is 17.4 Å². The van der Waals surface area contributed by atoms with Crippen molar-refractivity contribution < 1.29 is 19.1 Å². The van der Waals surface area contributed by atoms with E-state index in [1.54, 1.807) is 11.8 Å². The number of hydrogen-bond donors (Lipinski definition) is 1. The summed E-state index contributed by atoms with van der Waals surface area (Å²) in [5.74, 6) is -0.872. The Bertz CT molecular complexity index is 591. The first-order valence-electron chi connectivity index (χ1n) is 7.71. The highest BCUT2D eigenvalue weighted by Crippen LogP contribution is 2.34. The lowest BCUT2D eigenvalue weighted by Gasteiger charge is -2.17. The molecule has 7 heteroatoms. The summed E-state index contributed by atoms with van der Waals surface area (Å²) >= 11 is 1.13. The average Bonchev–Trinajstić information content (AvgIpc) is 2.84. The number of anilines is 1. The molecule has 23 heavy (non-hydrogen) atoms. The lowest BCUT2D eigenvalue weighted by Crippen LogP contribution is -2.30. The molecule has 0 spiro atoms. The van der Waals surface area contributed by atoms with Gasteiger partial charge >= 0.3 is 5.97 Å². The summed E-state index contributed by atoms with van der Waals surface area (Å²) in [4.78, 5) is 38.6. The SMILES string of the molecule is CCCC(=O)Nc1sc(C(=O)N(CC)CC)c(C)c1C(=O)OC. The van der Waals surface area contributed by atoms with Crippen molar-refractivity contribution in [2.75, 3.05) is 25.5 Å². The Labute approximate surface area is 140 Å². The molecule has 0 saturated heterocycles. The largest absolute Gasteiger partial charge is 0.465 e. The van der Waals surface area contributed by atoms with Gasteiger partial charge in [-0.25, -0.2) is 4.79 Å². The summed E-state index contributed by atoms with van der Waals surface area (Å²) < 4.78 is 4.80. The number of ether oxygens (including phenoxy) is 1. The molecule has 128 valence electrons. The van der Waals surface area contributed by atoms with Crippen LogP contribution in [-0.4, -0.2) is 42.9 Å². The van der Waals surface area contributed by atoms with E-state index in [1.807, 2.05) is 20.8 Å². The van der Waals surface area contributed by atoms with Crippen LogP contribution in [0.1, 0.15) is 59.2 Å². The van der Waals surface area contributed by atoms with E-state index in [0.717, 1.165) is 11.3 Å². The molecule has 0 saturated carbocycles. The van der Waals surface area contributed by atoms with Gasteiger partial charge in [-0.3, -0.25) is 9.59 Å². The zero-order valence-electron chi connectivity index (χ0n) is 14.3. The van der Waals surface area contributed by atoms with Crippen LogP contribution in [0.25, 0.3) is 0 Å². The molecule has 0 aliphatic heterocycles. The van der Waals surface area contributed by atoms with E-state index in [0.29, 0.717) is 41.4 Å². The Kier molecular flexibility index (Phi) is 7.22. The van der Waals surface area contributed by atoms with Gasteiger partial charge in [0.05, 0.1) is 17.6 Å². The fraction of sp³-hybridized carbons (Fsp3) is 0.562. The minimum absolute atomic E-state index is 0.140. The summed E-state index contributed by atoms with van der Waals surface area (Å²) in [5.41, 5.74) is 0.808. The predicted molar refractivity (Wildman–Crippen MR) is 91.2 cm³/mol. The van der Waals surface area contributed by atoms with Gasteiger partial charge in [0.25, 0.3) is 5.91 Å². The number of hydrogen-bond acceptors (Lipinski definition) is 5. The molecule has 0 bridgehead atoms. The summed E-state index contributed by atoms with van der Waals surface area (Å²) in [5, 5.41) is 3.10. The standard InChI is InChI=1S/C16H24N2O4S/c1-6-9-11(19)17-14-12(16(21)22-5)10(4)13(23-14)15(20)18(7-2)8-3/h6-9H2,1-5H3,(H,17,19). The molecule has 0 radical (unpaired) electrons. The predicted octanol–water partition coefficient (Wildman–Crippen LogP) is 3.06. The lowest BCUT2D eigenvalue weighted by atomic mass is 10.1. The van der Waals surface area contributed by atoms with Crippen LogP contribution in [-0.2, 0) is 9.53 Å². The van der Waals surface area contributed by atoms with Crippen molar-refractivity contribution in [1.82, 2.24) is 4.90 Å². The van der Waals surface area contributed by atoms with Crippen LogP contribution in [0.5, 0.6) is 0 Å². The number of methoxy groups -OCH3 is 1. The van der Waals surface area contributed by atoms with Crippen LogP contribution in [0.15, 0.2) is 0 Å². The van der Waals surface area contributed by atoms with Gasteiger partial charge < -0.3 is 15.0 Å². The molecule has 1 aromatic rings. The van der Waals surface area contributed by atoms with Crippen molar-refractivity contribution in [3.05, 3.63) is 16.0 Å². The third-order valence-electron chi connectivity index (χ3n) is 3.51. The quantitative estimate of drug-likeness (QED) is 0.774. The Morgan fingerprint density at radius 3 is 2.26 bits per heavy atom. The maximum Gasteiger partial charge on any atom is 0.341 e. The Hall–Kier alpha value is -1.89. The zero-order valence-corrected chi connectivity index (χ0v) is 15.1. The maximum atomic E-state index is 12.6. The van der Waals surface area contributed by atoms with E-state index in [4.69, 9.17) is 4.74 Å². The number of carbonyl (C=O) groups excluding carboxylic acids is 3. The van der Waals surface area contributed by atoms with Crippen molar-refractivity contribution in [3.63, 3.8) is 0 Å². The summed E-state index contributed by atoms with van der Waals surface area (Å²) in [6.45, 7) is 8.56. The average molecular weight is 340 g/mol. The highest BCUT2D eigenvalue weighted by molar-refractivity contribution is 7.18. The van der Waals surface area contributed by atoms with Crippen molar-refractivity contribution in [1.29, 1.82) is 0 Å². The topological polar surface area (TPSA) is 75.7 Å². The van der Waals surface area contributed by atoms with Gasteiger partial charge in [-0.2, -0.15) is 0 Å². The number of esters is 1. The first-order valence-corrected chi connectivity index (χ1v) is 8.53. The number of nitrogens with one attached hydrogen (secondary N) is 1. The van der Waals surface area contributed by atoms with Gasteiger partial charge in [0, 0.05) is 19.5 Å². The third-order valence-corrected chi connectivity index (χ3v) is 4.71. The Morgan fingerprint density at radius 1 is 1.17 bits per heavy atom. The Balaban J connectivity index is 3.29. The fourth-order valence-electron chi connectivity index (χ4n) is 2.22. The van der Waals surface area contributed by atoms with Gasteiger partial charge in [-0.15, -0.1) is 11.3 Å². The van der Waals surface area contributed by atoms with Crippen molar-refractivity contribution >= 4 is 34.1 Å². The Morgan fingerprint density at radius 2 is 1.78 bits per heavy atom. The monoisotopic (exact) mass is 340 g/mol. The molecule has 0 aliphatic rings. The second-order valence-corrected chi connectivity index (χ2v) is 6.05. The van der Waals surface area contributed by atoms with E-state index < -0.39 is 5.97 Å². The molecule has 1 N–H and O–H groups in total. The highest BCUT2D eigenvalue weighted by atomic mass is 32.1. The normalized spacial score (nSPS) is 10.3. The van der Waals surface area contributed by atoms with Crippen LogP contribution >= 0.6 is 11.3 Å². The molecule has 1 heterocycles. The molecule has 2 amide bonds. The van der Waals surface area contributed by atoms with E-state index in [2.05, 4.69) is 5.32 Å². The van der Waals surface area contributed by atoms with E-state index in [9.17, 15) is 14.4 Å². The number of thiophene rings is 1. The van der Waals surface area contributed by atoms with Crippen LogP contribution in [0, 0.1) is 6.92 Å². The van der Waals surface area contributed by atoms with Crippen molar-refractivity contribution in [2.24, 2.45) is 0 Å². The molecule has 1 aromatic heterocycles. The second-order valence-electron chi connectivity index (χ2n) is 5.03. The van der Waals surface area contributed by atoms with Crippen LogP contribution in [0.3, 0.4) is 0 Å². The first kappa shape index (κ1) is 19.2. The maximum absolute atomic E-state index is 12.6. The molecule has 0 aromatic carbocycles. The van der Waals surface area contributed by atoms with Gasteiger partial charge in [-0.05, 0) is 32.8 Å². The summed E-state index contributed by atoms with van der Waals surface area (Å²) in [7, 11) is 1.28. The van der Waals surface area contributed by atoms with Gasteiger partial charge in [0.15, 0.2) is 0 Å². The molecule has 1 rings (SSSR count). The lowest BCUT2D eigenvalue weighted by molar-refractivity contribution is -0.116. The first-order chi connectivity index (χ1) is 10.9. The summed E-state index contributed by atoms with van der Waals surface area (Å²) in [6.07, 6.45) is 1.06. The molecule has 0 atom stereocenters. The zero-order chi connectivity index (χ0) is 17.6. The number of carbonyl (C=O) groups is 3. The number of rotatable bonds is 7. The van der Waals surface area contributed by atoms with Gasteiger partial charge in [0.1, 0.15) is 5.00 Å². The molecule has 0 aliphatic carbocycles. The molecular weight excluding hydrogens is 316 g/mol. The number of nitrogens with zero attached hydrogens (tertiary/aromatic N) is 1. The van der Waals surface area contributed by atoms with E-state index >= 15 is 0 Å². The molecule has 6 nitrogen and oxygen atoms in total. The van der Waals surface area contributed by atoms with Gasteiger partial charge in [-0.1, -0.05) is 6.92 Å². The van der Waals surface area contributed by atoms with Crippen LogP contribution in [0.4, 0.5) is 5.00 Å².